The summed E-state index contributed by atoms with van der Waals surface area (Å²) in [5.41, 5.74) is 5.31. The third kappa shape index (κ3) is 5.07. The van der Waals surface area contributed by atoms with E-state index in [1.54, 1.807) is 18.2 Å². The molecule has 6 rings (SSSR count). The van der Waals surface area contributed by atoms with Gasteiger partial charge in [0.15, 0.2) is 11.0 Å². The second kappa shape index (κ2) is 11.1. The van der Waals surface area contributed by atoms with Gasteiger partial charge in [-0.1, -0.05) is 43.1 Å². The van der Waals surface area contributed by atoms with E-state index in [1.807, 2.05) is 6.07 Å². The average molecular weight is 631 g/mol. The molecule has 2 aliphatic heterocycles. The van der Waals surface area contributed by atoms with E-state index < -0.39 is 34.4 Å². The van der Waals surface area contributed by atoms with Gasteiger partial charge in [-0.25, -0.2) is 9.37 Å². The topological polar surface area (TPSA) is 111 Å². The molecule has 4 aliphatic rings. The van der Waals surface area contributed by atoms with Crippen molar-refractivity contribution in [2.45, 2.75) is 89.1 Å². The first kappa shape index (κ1) is 30.5. The van der Waals surface area contributed by atoms with Crippen LogP contribution in [0.1, 0.15) is 88.7 Å². The number of primary amides is 1. The van der Waals surface area contributed by atoms with Crippen molar-refractivity contribution in [2.75, 3.05) is 11.9 Å². The SMILES string of the molecule is CC1(C)CCC2(CC1)C[C@@H](C(=O)C[C@@H]1CC[C@@H](CC(N)=O)OC1)[C@H](c1ccnc(Cl)c1F)[C@]21C(=O)Nc2cc(Cl)ccc21. The van der Waals surface area contributed by atoms with Crippen LogP contribution in [0.5, 0.6) is 0 Å². The molecule has 43 heavy (non-hydrogen) atoms. The first-order valence-corrected chi connectivity index (χ1v) is 16.0. The lowest BCUT2D eigenvalue weighted by atomic mass is 9.51. The van der Waals surface area contributed by atoms with Crippen LogP contribution in [-0.4, -0.2) is 35.3 Å². The number of carbonyl (C=O) groups excluding carboxylic acids is 3. The molecule has 0 bridgehead atoms. The minimum atomic E-state index is -1.19. The van der Waals surface area contributed by atoms with Crippen molar-refractivity contribution in [3.8, 4) is 0 Å². The van der Waals surface area contributed by atoms with Crippen molar-refractivity contribution in [3.05, 3.63) is 57.6 Å². The number of anilines is 1. The number of nitrogens with zero attached hydrogens (tertiary/aromatic N) is 1. The van der Waals surface area contributed by atoms with Crippen molar-refractivity contribution in [3.63, 3.8) is 0 Å². The molecule has 1 aromatic heterocycles. The van der Waals surface area contributed by atoms with Crippen LogP contribution in [0.3, 0.4) is 0 Å². The lowest BCUT2D eigenvalue weighted by Gasteiger charge is -2.51. The maximum absolute atomic E-state index is 16.1. The second-order valence-corrected chi connectivity index (χ2v) is 14.7. The molecule has 2 saturated carbocycles. The number of rotatable bonds is 6. The minimum Gasteiger partial charge on any atom is -0.377 e. The quantitative estimate of drug-likeness (QED) is 0.344. The Bertz CT molecular complexity index is 1460. The molecule has 10 heteroatoms. The predicted molar refractivity (Wildman–Crippen MR) is 162 cm³/mol. The van der Waals surface area contributed by atoms with Gasteiger partial charge in [0.05, 0.1) is 24.5 Å². The highest BCUT2D eigenvalue weighted by atomic mass is 35.5. The maximum Gasteiger partial charge on any atom is 0.236 e. The van der Waals surface area contributed by atoms with Crippen LogP contribution >= 0.6 is 23.2 Å². The first-order chi connectivity index (χ1) is 20.4. The van der Waals surface area contributed by atoms with Gasteiger partial charge in [-0.15, -0.1) is 0 Å². The summed E-state index contributed by atoms with van der Waals surface area (Å²) in [5.74, 6) is -2.76. The van der Waals surface area contributed by atoms with Crippen LogP contribution in [0.25, 0.3) is 0 Å². The monoisotopic (exact) mass is 629 g/mol. The van der Waals surface area contributed by atoms with E-state index >= 15 is 4.39 Å². The number of aromatic nitrogens is 1. The largest absolute Gasteiger partial charge is 0.377 e. The fraction of sp³-hybridized carbons (Fsp3) is 0.576. The number of halogens is 3. The summed E-state index contributed by atoms with van der Waals surface area (Å²) >= 11 is 12.6. The minimum absolute atomic E-state index is 0.00409. The van der Waals surface area contributed by atoms with Crippen molar-refractivity contribution in [2.24, 2.45) is 28.4 Å². The van der Waals surface area contributed by atoms with Crippen molar-refractivity contribution < 1.29 is 23.5 Å². The lowest BCUT2D eigenvalue weighted by Crippen LogP contribution is -2.52. The van der Waals surface area contributed by atoms with Crippen molar-refractivity contribution >= 4 is 46.5 Å². The van der Waals surface area contributed by atoms with E-state index in [0.29, 0.717) is 30.2 Å². The summed E-state index contributed by atoms with van der Waals surface area (Å²) < 4.78 is 22.0. The van der Waals surface area contributed by atoms with E-state index in [0.717, 1.165) is 37.7 Å². The van der Waals surface area contributed by atoms with E-state index in [2.05, 4.69) is 24.1 Å². The van der Waals surface area contributed by atoms with Crippen LogP contribution in [0.2, 0.25) is 10.2 Å². The fourth-order valence-corrected chi connectivity index (χ4v) is 9.08. The van der Waals surface area contributed by atoms with Crippen LogP contribution in [-0.2, 0) is 24.5 Å². The molecule has 5 atom stereocenters. The number of fused-ring (bicyclic) bond motifs is 3. The molecule has 1 saturated heterocycles. The molecule has 3 heterocycles. The van der Waals surface area contributed by atoms with Gasteiger partial charge in [0.25, 0.3) is 0 Å². The number of carbonyl (C=O) groups is 3. The third-order valence-electron chi connectivity index (χ3n) is 10.9. The highest BCUT2D eigenvalue weighted by Crippen LogP contribution is 2.72. The summed E-state index contributed by atoms with van der Waals surface area (Å²) in [5, 5.41) is 3.31. The van der Waals surface area contributed by atoms with Gasteiger partial charge in [-0.2, -0.15) is 0 Å². The predicted octanol–water partition coefficient (Wildman–Crippen LogP) is 6.74. The van der Waals surface area contributed by atoms with Gasteiger partial charge in [0, 0.05) is 35.2 Å². The normalized spacial score (nSPS) is 30.8. The number of pyridine rings is 1. The molecule has 230 valence electrons. The van der Waals surface area contributed by atoms with Crippen molar-refractivity contribution in [1.82, 2.24) is 4.98 Å². The van der Waals surface area contributed by atoms with Gasteiger partial charge in [-0.3, -0.25) is 14.4 Å². The molecule has 7 nitrogen and oxygen atoms in total. The van der Waals surface area contributed by atoms with E-state index in [-0.39, 0.29) is 52.7 Å². The smallest absolute Gasteiger partial charge is 0.236 e. The molecule has 2 spiro atoms. The van der Waals surface area contributed by atoms with Crippen LogP contribution in [0.4, 0.5) is 10.1 Å². The summed E-state index contributed by atoms with van der Waals surface area (Å²) in [6, 6.07) is 6.98. The molecule has 1 aromatic carbocycles. The van der Waals surface area contributed by atoms with Gasteiger partial charge in [0.2, 0.25) is 11.8 Å². The molecule has 2 aliphatic carbocycles. The molecule has 3 N–H and O–H groups in total. The van der Waals surface area contributed by atoms with Gasteiger partial charge < -0.3 is 15.8 Å². The standard InChI is InChI=1S/C33H38Cl2FN3O4/c1-31(2)8-10-32(11-9-31)16-22(25(40)13-18-3-5-20(43-17-18)15-26(37)41)27(21-7-12-38-29(35)28(21)36)33(32)23-6-4-19(34)14-24(23)39-30(33)42/h4,6-7,12,14,18,20,22,27H,3,5,8-11,13,15-17H2,1-2H3,(H2,37,41)(H,39,42)/t18-,20-,22-,27-,33+/m0/s1. The number of nitrogens with two attached hydrogens (primary N) is 1. The lowest BCUT2D eigenvalue weighted by molar-refractivity contribution is -0.129. The number of hydrogen-bond donors (Lipinski definition) is 2. The molecule has 3 fully saturated rings. The molecule has 2 aromatic rings. The Kier molecular flexibility index (Phi) is 7.87. The fourth-order valence-electron chi connectivity index (χ4n) is 8.74. The highest BCUT2D eigenvalue weighted by Gasteiger charge is 2.72. The number of ketones is 1. The Morgan fingerprint density at radius 1 is 1.12 bits per heavy atom. The molecular weight excluding hydrogens is 592 g/mol. The number of benzene rings is 1. The number of nitrogens with one attached hydrogen (secondary N) is 1. The zero-order chi connectivity index (χ0) is 30.7. The number of hydrogen-bond acceptors (Lipinski definition) is 5. The third-order valence-corrected chi connectivity index (χ3v) is 11.4. The van der Waals surface area contributed by atoms with Crippen molar-refractivity contribution in [1.29, 1.82) is 0 Å². The van der Waals surface area contributed by atoms with Gasteiger partial charge in [0.1, 0.15) is 5.78 Å². The van der Waals surface area contributed by atoms with Crippen LogP contribution in [0.15, 0.2) is 30.5 Å². The average Bonchev–Trinajstić information content (AvgIpc) is 3.40. The zero-order valence-corrected chi connectivity index (χ0v) is 26.1. The highest BCUT2D eigenvalue weighted by molar-refractivity contribution is 6.31. The second-order valence-electron chi connectivity index (χ2n) is 13.9. The number of Topliss-reactive ketones (excluding diaryl/α,β-unsaturated/α-hetero) is 1. The van der Waals surface area contributed by atoms with Crippen LogP contribution in [0, 0.1) is 28.5 Å². The molecular formula is C33H38Cl2FN3O4. The number of amides is 2. The Morgan fingerprint density at radius 3 is 2.53 bits per heavy atom. The van der Waals surface area contributed by atoms with Gasteiger partial charge >= 0.3 is 0 Å². The maximum atomic E-state index is 16.1. The molecule has 2 amide bonds. The Balaban J connectivity index is 1.46. The molecule has 0 radical (unpaired) electrons. The van der Waals surface area contributed by atoms with Crippen LogP contribution < -0.4 is 11.1 Å². The van der Waals surface area contributed by atoms with E-state index in [9.17, 15) is 14.4 Å². The summed E-state index contributed by atoms with van der Waals surface area (Å²) in [7, 11) is 0. The summed E-state index contributed by atoms with van der Waals surface area (Å²) in [4.78, 5) is 44.4. The zero-order valence-electron chi connectivity index (χ0n) is 24.6. The Hall–Kier alpha value is -2.55. The first-order valence-electron chi connectivity index (χ1n) is 15.2. The summed E-state index contributed by atoms with van der Waals surface area (Å²) in [6.07, 6.45) is 6.70. The van der Waals surface area contributed by atoms with Gasteiger partial charge in [-0.05, 0) is 91.0 Å². The Labute approximate surface area is 261 Å². The number of ether oxygens (including phenoxy) is 1. The van der Waals surface area contributed by atoms with E-state index in [4.69, 9.17) is 33.7 Å². The van der Waals surface area contributed by atoms with E-state index in [1.165, 1.54) is 6.20 Å². The molecule has 0 unspecified atom stereocenters. The Morgan fingerprint density at radius 2 is 1.86 bits per heavy atom. The summed E-state index contributed by atoms with van der Waals surface area (Å²) in [6.45, 7) is 4.82.